The van der Waals surface area contributed by atoms with Crippen LogP contribution in [0.4, 0.5) is 0 Å². The van der Waals surface area contributed by atoms with Crippen LogP contribution in [-0.2, 0) is 6.42 Å². The largest absolute Gasteiger partial charge is 0.143 e. The Bertz CT molecular complexity index is 315. The van der Waals surface area contributed by atoms with E-state index >= 15 is 0 Å². The van der Waals surface area contributed by atoms with E-state index in [4.69, 9.17) is 11.6 Å². The molecule has 0 aliphatic carbocycles. The van der Waals surface area contributed by atoms with Gasteiger partial charge in [0.15, 0.2) is 0 Å². The second-order valence-corrected chi connectivity index (χ2v) is 6.87. The molecule has 1 aromatic heterocycles. The Hall–Kier alpha value is -0.150. The summed E-state index contributed by atoms with van der Waals surface area (Å²) in [5.41, 5.74) is 0.318. The lowest BCUT2D eigenvalue weighted by molar-refractivity contribution is 0.259. The molecule has 2 atom stereocenters. The molecule has 0 N–H and O–H groups in total. The molecule has 4 heteroatoms. The molecule has 86 valence electrons. The van der Waals surface area contributed by atoms with Crippen LogP contribution in [-0.4, -0.2) is 10.2 Å². The second-order valence-electron chi connectivity index (χ2n) is 5.12. The Kier molecular flexibility index (Phi) is 4.13. The summed E-state index contributed by atoms with van der Waals surface area (Å²) < 4.78 is 0. The predicted octanol–water partition coefficient (Wildman–Crippen LogP) is 4.06. The molecule has 0 aliphatic rings. The topological polar surface area (TPSA) is 25.8 Å². The van der Waals surface area contributed by atoms with Crippen LogP contribution in [0.2, 0.25) is 0 Å². The Morgan fingerprint density at radius 2 is 1.87 bits per heavy atom. The molecule has 2 unspecified atom stereocenters. The molecule has 0 radical (unpaired) electrons. The van der Waals surface area contributed by atoms with Gasteiger partial charge >= 0.3 is 0 Å². The zero-order valence-corrected chi connectivity index (χ0v) is 11.6. The zero-order valence-electron chi connectivity index (χ0n) is 10.0. The number of hydrogen-bond acceptors (Lipinski definition) is 3. The van der Waals surface area contributed by atoms with Gasteiger partial charge in [-0.25, -0.2) is 0 Å². The number of halogens is 1. The van der Waals surface area contributed by atoms with Gasteiger partial charge in [-0.2, -0.15) is 0 Å². The molecule has 0 spiro atoms. The van der Waals surface area contributed by atoms with Gasteiger partial charge in [0, 0.05) is 6.42 Å². The van der Waals surface area contributed by atoms with Gasteiger partial charge in [-0.15, -0.1) is 21.8 Å². The molecule has 1 aromatic rings. The predicted molar refractivity (Wildman–Crippen MR) is 66.5 cm³/mol. The van der Waals surface area contributed by atoms with E-state index < -0.39 is 0 Å². The van der Waals surface area contributed by atoms with Crippen LogP contribution in [0.15, 0.2) is 0 Å². The van der Waals surface area contributed by atoms with E-state index in [0.717, 1.165) is 16.4 Å². The molecule has 15 heavy (non-hydrogen) atoms. The van der Waals surface area contributed by atoms with Gasteiger partial charge in [0.2, 0.25) is 0 Å². The van der Waals surface area contributed by atoms with Crippen molar-refractivity contribution >= 4 is 22.9 Å². The first-order valence-corrected chi connectivity index (χ1v) is 6.52. The molecular formula is C11H19ClN2S. The highest BCUT2D eigenvalue weighted by molar-refractivity contribution is 7.11. The van der Waals surface area contributed by atoms with Crippen molar-refractivity contribution in [1.29, 1.82) is 0 Å². The molecule has 0 saturated carbocycles. The molecular weight excluding hydrogens is 228 g/mol. The summed E-state index contributed by atoms with van der Waals surface area (Å²) in [7, 11) is 0. The number of hydrogen-bond donors (Lipinski definition) is 0. The molecule has 1 rings (SSSR count). The van der Waals surface area contributed by atoms with E-state index in [2.05, 4.69) is 37.9 Å². The SMILES string of the molecule is CC(Cl)c1nnc(CC(C)C(C)(C)C)s1. The summed E-state index contributed by atoms with van der Waals surface area (Å²) in [6.07, 6.45) is 0.991. The van der Waals surface area contributed by atoms with Crippen molar-refractivity contribution < 1.29 is 0 Å². The van der Waals surface area contributed by atoms with Crippen LogP contribution < -0.4 is 0 Å². The number of aromatic nitrogens is 2. The fraction of sp³-hybridized carbons (Fsp3) is 0.818. The number of alkyl halides is 1. The van der Waals surface area contributed by atoms with Gasteiger partial charge in [0.1, 0.15) is 10.0 Å². The lowest BCUT2D eigenvalue weighted by Crippen LogP contribution is -2.19. The summed E-state index contributed by atoms with van der Waals surface area (Å²) in [5, 5.41) is 10.3. The lowest BCUT2D eigenvalue weighted by atomic mass is 9.80. The monoisotopic (exact) mass is 246 g/mol. The summed E-state index contributed by atoms with van der Waals surface area (Å²) in [4.78, 5) is 0. The third-order valence-corrected chi connectivity index (χ3v) is 4.25. The van der Waals surface area contributed by atoms with Gasteiger partial charge in [0.05, 0.1) is 5.38 Å². The molecule has 0 saturated heterocycles. The fourth-order valence-corrected chi connectivity index (χ4v) is 2.16. The van der Waals surface area contributed by atoms with Crippen LogP contribution in [0, 0.1) is 11.3 Å². The normalized spacial score (nSPS) is 16.4. The molecule has 0 aliphatic heterocycles. The average Bonchev–Trinajstić information content (AvgIpc) is 2.50. The summed E-state index contributed by atoms with van der Waals surface area (Å²) in [6, 6.07) is 0. The number of nitrogens with zero attached hydrogens (tertiary/aromatic N) is 2. The van der Waals surface area contributed by atoms with E-state index in [1.54, 1.807) is 11.3 Å². The first kappa shape index (κ1) is 12.9. The van der Waals surface area contributed by atoms with Gasteiger partial charge in [0.25, 0.3) is 0 Å². The molecule has 0 bridgehead atoms. The molecule has 0 aromatic carbocycles. The summed E-state index contributed by atoms with van der Waals surface area (Å²) in [6.45, 7) is 10.9. The highest BCUT2D eigenvalue weighted by Crippen LogP contribution is 2.30. The van der Waals surface area contributed by atoms with Crippen molar-refractivity contribution in [2.24, 2.45) is 11.3 Å². The van der Waals surface area contributed by atoms with E-state index in [-0.39, 0.29) is 5.38 Å². The van der Waals surface area contributed by atoms with Crippen molar-refractivity contribution in [1.82, 2.24) is 10.2 Å². The first-order valence-electron chi connectivity index (χ1n) is 5.27. The minimum absolute atomic E-state index is 0.0267. The van der Waals surface area contributed by atoms with Crippen LogP contribution >= 0.6 is 22.9 Å². The summed E-state index contributed by atoms with van der Waals surface area (Å²) in [5.74, 6) is 0.601. The Labute approximate surface area is 101 Å². The van der Waals surface area contributed by atoms with Gasteiger partial charge in [-0.1, -0.05) is 39.0 Å². The smallest absolute Gasteiger partial charge is 0.135 e. The van der Waals surface area contributed by atoms with Crippen molar-refractivity contribution in [2.75, 3.05) is 0 Å². The maximum Gasteiger partial charge on any atom is 0.135 e. The maximum absolute atomic E-state index is 5.95. The van der Waals surface area contributed by atoms with Crippen molar-refractivity contribution in [3.63, 3.8) is 0 Å². The van der Waals surface area contributed by atoms with Gasteiger partial charge < -0.3 is 0 Å². The summed E-state index contributed by atoms with van der Waals surface area (Å²) >= 11 is 7.58. The molecule has 0 fully saturated rings. The van der Waals surface area contributed by atoms with E-state index in [1.165, 1.54) is 0 Å². The maximum atomic E-state index is 5.95. The Morgan fingerprint density at radius 3 is 2.27 bits per heavy atom. The van der Waals surface area contributed by atoms with Crippen LogP contribution in [0.25, 0.3) is 0 Å². The standard InChI is InChI=1S/C11H19ClN2S/c1-7(11(3,4)5)6-9-13-14-10(15-9)8(2)12/h7-8H,6H2,1-5H3. The van der Waals surface area contributed by atoms with Crippen molar-refractivity contribution in [3.8, 4) is 0 Å². The number of rotatable bonds is 3. The van der Waals surface area contributed by atoms with Crippen molar-refractivity contribution in [3.05, 3.63) is 10.0 Å². The highest BCUT2D eigenvalue weighted by atomic mass is 35.5. The van der Waals surface area contributed by atoms with E-state index in [0.29, 0.717) is 11.3 Å². The molecule has 2 nitrogen and oxygen atoms in total. The lowest BCUT2D eigenvalue weighted by Gasteiger charge is -2.26. The second kappa shape index (κ2) is 4.79. The van der Waals surface area contributed by atoms with Gasteiger partial charge in [-0.3, -0.25) is 0 Å². The third-order valence-electron chi connectivity index (χ3n) is 2.78. The van der Waals surface area contributed by atoms with Crippen LogP contribution in [0.1, 0.15) is 50.0 Å². The first-order chi connectivity index (χ1) is 6.80. The Balaban J connectivity index is 2.65. The molecule has 1 heterocycles. The fourth-order valence-electron chi connectivity index (χ4n) is 1.08. The minimum atomic E-state index is -0.0267. The zero-order chi connectivity index (χ0) is 11.6. The average molecular weight is 247 g/mol. The van der Waals surface area contributed by atoms with E-state index in [9.17, 15) is 0 Å². The third kappa shape index (κ3) is 3.72. The van der Waals surface area contributed by atoms with E-state index in [1.807, 2.05) is 6.92 Å². The quantitative estimate of drug-likeness (QED) is 0.752. The van der Waals surface area contributed by atoms with Gasteiger partial charge in [-0.05, 0) is 18.3 Å². The van der Waals surface area contributed by atoms with Crippen LogP contribution in [0.5, 0.6) is 0 Å². The highest BCUT2D eigenvalue weighted by Gasteiger charge is 2.22. The van der Waals surface area contributed by atoms with Crippen LogP contribution in [0.3, 0.4) is 0 Å². The van der Waals surface area contributed by atoms with Crippen molar-refractivity contribution in [2.45, 2.75) is 46.4 Å². The molecule has 0 amide bonds. The Morgan fingerprint density at radius 1 is 1.27 bits per heavy atom. The minimum Gasteiger partial charge on any atom is -0.143 e.